The first-order valence-corrected chi connectivity index (χ1v) is 9.78. The number of carbonyl (C=O) groups is 1. The van der Waals surface area contributed by atoms with Crippen LogP contribution in [0.4, 0.5) is 17.6 Å². The van der Waals surface area contributed by atoms with E-state index in [2.05, 4.69) is 4.74 Å². The van der Waals surface area contributed by atoms with Crippen LogP contribution in [0.15, 0.2) is 12.1 Å². The van der Waals surface area contributed by atoms with E-state index in [1.807, 2.05) is 0 Å². The molecule has 150 valence electrons. The van der Waals surface area contributed by atoms with Crippen molar-refractivity contribution in [2.75, 3.05) is 0 Å². The molecule has 2 nitrogen and oxygen atoms in total. The molecule has 0 heterocycles. The minimum absolute atomic E-state index is 0.0491. The highest BCUT2D eigenvalue weighted by Gasteiger charge is 2.45. The van der Waals surface area contributed by atoms with Gasteiger partial charge in [0.15, 0.2) is 11.6 Å². The molecule has 2 saturated carbocycles. The van der Waals surface area contributed by atoms with Crippen molar-refractivity contribution >= 4 is 6.29 Å². The van der Waals surface area contributed by atoms with Gasteiger partial charge in [-0.15, -0.1) is 0 Å². The van der Waals surface area contributed by atoms with Crippen LogP contribution in [-0.4, -0.2) is 12.4 Å². The smallest absolute Gasteiger partial charge is 0.400 e. The van der Waals surface area contributed by atoms with Crippen LogP contribution in [0.25, 0.3) is 0 Å². The molecule has 0 saturated heterocycles. The Bertz CT molecular complexity index is 660. The van der Waals surface area contributed by atoms with Crippen molar-refractivity contribution in [1.82, 2.24) is 0 Å². The van der Waals surface area contributed by atoms with E-state index >= 15 is 0 Å². The highest BCUT2D eigenvalue weighted by atomic mass is 19.3. The van der Waals surface area contributed by atoms with E-state index in [0.717, 1.165) is 38.0 Å². The average Bonchev–Trinajstić information content (AvgIpc) is 2.68. The zero-order chi connectivity index (χ0) is 19.6. The Labute approximate surface area is 157 Å². The first-order chi connectivity index (χ1) is 12.8. The van der Waals surface area contributed by atoms with Crippen LogP contribution in [0.2, 0.25) is 0 Å². The Hall–Kier alpha value is -1.59. The number of halogens is 4. The van der Waals surface area contributed by atoms with Crippen LogP contribution < -0.4 is 4.74 Å². The number of ether oxygens (including phenoxy) is 1. The summed E-state index contributed by atoms with van der Waals surface area (Å²) in [6.07, 6.45) is 3.25. The SMILES string of the molecule is Cc1ccc(OC(F)(F)C2CCC(C3CCC(C=O)CC3)CC2)c(F)c1F. The monoisotopic (exact) mass is 386 g/mol. The molecule has 0 amide bonds. The lowest BCUT2D eigenvalue weighted by atomic mass is 9.69. The summed E-state index contributed by atoms with van der Waals surface area (Å²) < 4.78 is 61.1. The van der Waals surface area contributed by atoms with E-state index in [4.69, 9.17) is 0 Å². The molecule has 1 aromatic rings. The maximum Gasteiger partial charge on any atom is 0.400 e. The standard InChI is InChI=1S/C21H26F4O2/c1-13-2-11-18(20(23)19(13)22)27-21(24,25)17-9-7-16(8-10-17)15-5-3-14(12-26)4-6-15/h2,11-12,14-17H,3-10H2,1H3. The van der Waals surface area contributed by atoms with E-state index in [1.165, 1.54) is 13.0 Å². The molecule has 0 aliphatic heterocycles. The second-order valence-electron chi connectivity index (χ2n) is 8.10. The van der Waals surface area contributed by atoms with E-state index in [1.54, 1.807) is 0 Å². The lowest BCUT2D eigenvalue weighted by molar-refractivity contribution is -0.225. The van der Waals surface area contributed by atoms with E-state index in [0.29, 0.717) is 37.5 Å². The van der Waals surface area contributed by atoms with Crippen molar-refractivity contribution < 1.29 is 27.1 Å². The number of alkyl halides is 2. The van der Waals surface area contributed by atoms with Crippen molar-refractivity contribution in [3.8, 4) is 5.75 Å². The number of aryl methyl sites for hydroxylation is 1. The van der Waals surface area contributed by atoms with Gasteiger partial charge in [-0.05, 0) is 81.8 Å². The van der Waals surface area contributed by atoms with Crippen LogP contribution in [0.3, 0.4) is 0 Å². The normalized spacial score (nSPS) is 29.4. The number of aldehydes is 1. The Morgan fingerprint density at radius 2 is 1.48 bits per heavy atom. The van der Waals surface area contributed by atoms with Gasteiger partial charge in [-0.3, -0.25) is 0 Å². The third-order valence-electron chi connectivity index (χ3n) is 6.41. The second kappa shape index (κ2) is 8.19. The minimum atomic E-state index is -3.53. The largest absolute Gasteiger partial charge is 0.429 e. The van der Waals surface area contributed by atoms with Crippen molar-refractivity contribution in [2.24, 2.45) is 23.7 Å². The molecule has 0 radical (unpaired) electrons. The van der Waals surface area contributed by atoms with E-state index in [-0.39, 0.29) is 11.5 Å². The molecule has 0 atom stereocenters. The number of benzene rings is 1. The minimum Gasteiger partial charge on any atom is -0.429 e. The van der Waals surface area contributed by atoms with Gasteiger partial charge < -0.3 is 9.53 Å². The maximum absolute atomic E-state index is 14.5. The molecule has 3 rings (SSSR count). The number of hydrogen-bond donors (Lipinski definition) is 0. The van der Waals surface area contributed by atoms with Crippen molar-refractivity contribution in [1.29, 1.82) is 0 Å². The molecule has 6 heteroatoms. The van der Waals surface area contributed by atoms with Gasteiger partial charge in [0.1, 0.15) is 6.29 Å². The van der Waals surface area contributed by atoms with Crippen LogP contribution >= 0.6 is 0 Å². The van der Waals surface area contributed by atoms with Gasteiger partial charge in [-0.2, -0.15) is 13.2 Å². The molecular weight excluding hydrogens is 360 g/mol. The van der Waals surface area contributed by atoms with Gasteiger partial charge in [-0.1, -0.05) is 6.07 Å². The lowest BCUT2D eigenvalue weighted by Gasteiger charge is -2.38. The zero-order valence-electron chi connectivity index (χ0n) is 15.5. The van der Waals surface area contributed by atoms with Gasteiger partial charge >= 0.3 is 6.11 Å². The molecule has 2 aliphatic carbocycles. The predicted molar refractivity (Wildman–Crippen MR) is 93.6 cm³/mol. The quantitative estimate of drug-likeness (QED) is 0.454. The molecule has 0 spiro atoms. The molecule has 0 aromatic heterocycles. The average molecular weight is 386 g/mol. The fraction of sp³-hybridized carbons (Fsp3) is 0.667. The van der Waals surface area contributed by atoms with Crippen LogP contribution in [0.5, 0.6) is 5.75 Å². The molecule has 2 fully saturated rings. The van der Waals surface area contributed by atoms with E-state index < -0.39 is 29.4 Å². The van der Waals surface area contributed by atoms with Crippen LogP contribution in [-0.2, 0) is 4.79 Å². The lowest BCUT2D eigenvalue weighted by Crippen LogP contribution is -2.38. The molecule has 27 heavy (non-hydrogen) atoms. The van der Waals surface area contributed by atoms with Crippen LogP contribution in [0.1, 0.15) is 56.9 Å². The number of hydrogen-bond acceptors (Lipinski definition) is 2. The highest BCUT2D eigenvalue weighted by Crippen LogP contribution is 2.45. The summed E-state index contributed by atoms with van der Waals surface area (Å²) in [4.78, 5) is 10.9. The highest BCUT2D eigenvalue weighted by molar-refractivity contribution is 5.53. The molecule has 2 aliphatic rings. The summed E-state index contributed by atoms with van der Waals surface area (Å²) >= 11 is 0. The first kappa shape index (κ1) is 20.2. The van der Waals surface area contributed by atoms with Gasteiger partial charge in [0.25, 0.3) is 0 Å². The summed E-state index contributed by atoms with van der Waals surface area (Å²) in [5.41, 5.74) is 0.0491. The van der Waals surface area contributed by atoms with Crippen molar-refractivity contribution in [3.05, 3.63) is 29.3 Å². The Kier molecular flexibility index (Phi) is 6.11. The summed E-state index contributed by atoms with van der Waals surface area (Å²) in [6.45, 7) is 1.37. The van der Waals surface area contributed by atoms with E-state index in [9.17, 15) is 22.4 Å². The maximum atomic E-state index is 14.5. The van der Waals surface area contributed by atoms with Gasteiger partial charge in [0.05, 0.1) is 5.92 Å². The third-order valence-corrected chi connectivity index (χ3v) is 6.41. The Balaban J connectivity index is 1.57. The third kappa shape index (κ3) is 4.46. The molecule has 1 aromatic carbocycles. The second-order valence-corrected chi connectivity index (χ2v) is 8.10. The zero-order valence-corrected chi connectivity index (χ0v) is 15.5. The molecule has 0 N–H and O–H groups in total. The van der Waals surface area contributed by atoms with Gasteiger partial charge in [0.2, 0.25) is 5.82 Å². The summed E-state index contributed by atoms with van der Waals surface area (Å²) in [7, 11) is 0. The Morgan fingerprint density at radius 3 is 2.04 bits per heavy atom. The predicted octanol–water partition coefficient (Wildman–Crippen LogP) is 6.06. The van der Waals surface area contributed by atoms with Gasteiger partial charge in [-0.25, -0.2) is 4.39 Å². The molecular formula is C21H26F4O2. The van der Waals surface area contributed by atoms with Crippen molar-refractivity contribution in [3.63, 3.8) is 0 Å². The number of carbonyl (C=O) groups excluding carboxylic acids is 1. The first-order valence-electron chi connectivity index (χ1n) is 9.78. The summed E-state index contributed by atoms with van der Waals surface area (Å²) in [5, 5.41) is 0. The fourth-order valence-corrected chi connectivity index (χ4v) is 4.62. The van der Waals surface area contributed by atoms with Crippen LogP contribution in [0, 0.1) is 42.2 Å². The van der Waals surface area contributed by atoms with Crippen molar-refractivity contribution in [2.45, 2.75) is 64.4 Å². The molecule has 0 unspecified atom stereocenters. The summed E-state index contributed by atoms with van der Waals surface area (Å²) in [5.74, 6) is -3.20. The number of rotatable bonds is 5. The topological polar surface area (TPSA) is 26.3 Å². The molecule has 0 bridgehead atoms. The Morgan fingerprint density at radius 1 is 0.926 bits per heavy atom. The van der Waals surface area contributed by atoms with Gasteiger partial charge in [0, 0.05) is 5.92 Å². The summed E-state index contributed by atoms with van der Waals surface area (Å²) in [6, 6.07) is 2.29. The fourth-order valence-electron chi connectivity index (χ4n) is 4.62.